The highest BCUT2D eigenvalue weighted by Crippen LogP contribution is 2.53. The van der Waals surface area contributed by atoms with Crippen LogP contribution in [-0.2, 0) is 18.3 Å². The third-order valence-electron chi connectivity index (χ3n) is 6.47. The van der Waals surface area contributed by atoms with E-state index in [1.54, 1.807) is 0 Å². The Hall–Kier alpha value is -2.53. The molecule has 5 rings (SSSR count). The molecule has 2 fully saturated rings. The van der Waals surface area contributed by atoms with Crippen LogP contribution in [0.15, 0.2) is 42.9 Å². The topological polar surface area (TPSA) is 51.0 Å². The average molecular weight is 374 g/mol. The van der Waals surface area contributed by atoms with Crippen molar-refractivity contribution in [2.75, 3.05) is 19.6 Å². The van der Waals surface area contributed by atoms with Crippen LogP contribution in [0.25, 0.3) is 21.9 Å². The van der Waals surface area contributed by atoms with Crippen molar-refractivity contribution in [2.45, 2.75) is 32.1 Å². The van der Waals surface area contributed by atoms with Gasteiger partial charge in [-0.05, 0) is 67.3 Å². The minimum atomic E-state index is 0.266. The highest BCUT2D eigenvalue weighted by Gasteiger charge is 2.44. The molecule has 3 heterocycles. The van der Waals surface area contributed by atoms with Crippen LogP contribution in [0.1, 0.15) is 31.4 Å². The average Bonchev–Trinajstić information content (AvgIpc) is 3.31. The van der Waals surface area contributed by atoms with E-state index in [0.717, 1.165) is 40.7 Å². The maximum absolute atomic E-state index is 12.6. The maximum Gasteiger partial charge on any atom is 0.152 e. The minimum absolute atomic E-state index is 0.266. The Bertz CT molecular complexity index is 1020. The van der Waals surface area contributed by atoms with Gasteiger partial charge in [-0.2, -0.15) is 5.10 Å². The summed E-state index contributed by atoms with van der Waals surface area (Å²) in [6.45, 7) is 2.71. The maximum atomic E-state index is 12.6. The third kappa shape index (κ3) is 3.59. The van der Waals surface area contributed by atoms with Crippen molar-refractivity contribution in [1.82, 2.24) is 19.7 Å². The van der Waals surface area contributed by atoms with Gasteiger partial charge in [0.25, 0.3) is 0 Å². The first kappa shape index (κ1) is 17.6. The minimum Gasteiger partial charge on any atom is -0.298 e. The van der Waals surface area contributed by atoms with Gasteiger partial charge in [-0.3, -0.25) is 19.4 Å². The van der Waals surface area contributed by atoms with Crippen LogP contribution in [0.5, 0.6) is 0 Å². The molecule has 0 radical (unpaired) electrons. The predicted octanol–water partition coefficient (Wildman–Crippen LogP) is 3.62. The summed E-state index contributed by atoms with van der Waals surface area (Å²) in [6, 6.07) is 8.39. The van der Waals surface area contributed by atoms with E-state index in [2.05, 4.69) is 39.2 Å². The summed E-state index contributed by atoms with van der Waals surface area (Å²) in [6.07, 6.45) is 11.5. The molecule has 1 spiro atoms. The van der Waals surface area contributed by atoms with Crippen molar-refractivity contribution in [2.24, 2.45) is 12.5 Å². The number of benzene rings is 1. The van der Waals surface area contributed by atoms with E-state index < -0.39 is 0 Å². The number of rotatable bonds is 5. The lowest BCUT2D eigenvalue weighted by Gasteiger charge is -2.31. The summed E-state index contributed by atoms with van der Waals surface area (Å²) in [5.74, 6) is 0.266. The van der Waals surface area contributed by atoms with E-state index in [4.69, 9.17) is 0 Å². The largest absolute Gasteiger partial charge is 0.298 e. The van der Waals surface area contributed by atoms with Gasteiger partial charge >= 0.3 is 0 Å². The molecule has 5 heteroatoms. The van der Waals surface area contributed by atoms with Crippen molar-refractivity contribution >= 4 is 16.6 Å². The van der Waals surface area contributed by atoms with Crippen LogP contribution in [0, 0.1) is 5.41 Å². The molecule has 1 saturated carbocycles. The molecule has 0 bridgehead atoms. The van der Waals surface area contributed by atoms with Crippen molar-refractivity contribution in [1.29, 1.82) is 0 Å². The number of fused-ring (bicyclic) bond motifs is 1. The lowest BCUT2D eigenvalue weighted by Crippen LogP contribution is -2.38. The molecule has 2 aromatic heterocycles. The number of pyridine rings is 1. The quantitative estimate of drug-likeness (QED) is 0.684. The Morgan fingerprint density at radius 2 is 1.86 bits per heavy atom. The van der Waals surface area contributed by atoms with Crippen LogP contribution < -0.4 is 0 Å². The Morgan fingerprint density at radius 3 is 2.57 bits per heavy atom. The zero-order valence-electron chi connectivity index (χ0n) is 16.4. The summed E-state index contributed by atoms with van der Waals surface area (Å²) in [5, 5.41) is 6.46. The Morgan fingerprint density at radius 1 is 1.04 bits per heavy atom. The molecule has 3 aromatic rings. The van der Waals surface area contributed by atoms with Gasteiger partial charge in [-0.15, -0.1) is 0 Å². The SMILES string of the molecule is Cn1cc(-c2ccc3cnc(CC(=O)CN4CCC5(CC4)CC5)cc3c2)cn1. The first-order valence-corrected chi connectivity index (χ1v) is 10.2. The number of aryl methyl sites for hydroxylation is 1. The van der Waals surface area contributed by atoms with Crippen LogP contribution in [-0.4, -0.2) is 45.1 Å². The monoisotopic (exact) mass is 374 g/mol. The number of carbonyl (C=O) groups excluding carboxylic acids is 1. The molecular weight excluding hydrogens is 348 g/mol. The molecule has 1 aliphatic heterocycles. The molecule has 0 atom stereocenters. The van der Waals surface area contributed by atoms with Gasteiger partial charge in [0.1, 0.15) is 0 Å². The van der Waals surface area contributed by atoms with E-state index in [-0.39, 0.29) is 5.78 Å². The van der Waals surface area contributed by atoms with E-state index in [1.165, 1.54) is 25.7 Å². The first-order chi connectivity index (χ1) is 13.6. The molecule has 0 amide bonds. The molecule has 1 aliphatic carbocycles. The number of carbonyl (C=O) groups is 1. The second-order valence-corrected chi connectivity index (χ2v) is 8.63. The normalized spacial score (nSPS) is 18.6. The summed E-state index contributed by atoms with van der Waals surface area (Å²) in [4.78, 5) is 19.4. The number of Topliss-reactive ketones (excluding diaryl/α,β-unsaturated/α-hetero) is 1. The van der Waals surface area contributed by atoms with Gasteiger partial charge < -0.3 is 0 Å². The standard InChI is InChI=1S/C23H26N4O/c1-26-15-20(14-25-26)17-2-3-18-13-24-21(11-19(18)10-17)12-22(28)16-27-8-6-23(4-5-23)7-9-27/h2-3,10-11,13-15H,4-9,12,16H2,1H3. The summed E-state index contributed by atoms with van der Waals surface area (Å²) < 4.78 is 1.81. The molecule has 0 N–H and O–H groups in total. The molecular formula is C23H26N4O. The van der Waals surface area contributed by atoms with E-state index in [1.807, 2.05) is 30.3 Å². The molecule has 144 valence electrons. The smallest absolute Gasteiger partial charge is 0.152 e. The zero-order chi connectivity index (χ0) is 19.1. The molecule has 0 unspecified atom stereocenters. The van der Waals surface area contributed by atoms with Gasteiger partial charge in [0, 0.05) is 36.1 Å². The van der Waals surface area contributed by atoms with Gasteiger partial charge in [0.2, 0.25) is 0 Å². The van der Waals surface area contributed by atoms with Crippen molar-refractivity contribution < 1.29 is 4.79 Å². The number of likely N-dealkylation sites (tertiary alicyclic amines) is 1. The lowest BCUT2D eigenvalue weighted by atomic mass is 9.93. The van der Waals surface area contributed by atoms with Crippen LogP contribution in [0.3, 0.4) is 0 Å². The van der Waals surface area contributed by atoms with Gasteiger partial charge in [-0.1, -0.05) is 12.1 Å². The summed E-state index contributed by atoms with van der Waals surface area (Å²) >= 11 is 0. The molecule has 1 saturated heterocycles. The van der Waals surface area contributed by atoms with Gasteiger partial charge in [0.05, 0.1) is 19.2 Å². The number of hydrogen-bond donors (Lipinski definition) is 0. The van der Waals surface area contributed by atoms with E-state index >= 15 is 0 Å². The highest BCUT2D eigenvalue weighted by atomic mass is 16.1. The molecule has 28 heavy (non-hydrogen) atoms. The van der Waals surface area contributed by atoms with Crippen molar-refractivity contribution in [3.63, 3.8) is 0 Å². The lowest BCUT2D eigenvalue weighted by molar-refractivity contribution is -0.120. The Kier molecular flexibility index (Phi) is 4.27. The van der Waals surface area contributed by atoms with Gasteiger partial charge in [0.15, 0.2) is 5.78 Å². The number of nitrogens with zero attached hydrogens (tertiary/aromatic N) is 4. The fraction of sp³-hybridized carbons (Fsp3) is 0.435. The van der Waals surface area contributed by atoms with Crippen LogP contribution in [0.2, 0.25) is 0 Å². The van der Waals surface area contributed by atoms with Crippen molar-refractivity contribution in [3.8, 4) is 11.1 Å². The highest BCUT2D eigenvalue weighted by molar-refractivity contribution is 5.88. The Balaban J connectivity index is 1.28. The van der Waals surface area contributed by atoms with E-state index in [9.17, 15) is 4.79 Å². The molecule has 2 aliphatic rings. The van der Waals surface area contributed by atoms with Crippen molar-refractivity contribution in [3.05, 3.63) is 48.5 Å². The molecule has 1 aromatic carbocycles. The summed E-state index contributed by atoms with van der Waals surface area (Å²) in [5.41, 5.74) is 3.74. The number of hydrogen-bond acceptors (Lipinski definition) is 4. The zero-order valence-corrected chi connectivity index (χ0v) is 16.4. The first-order valence-electron chi connectivity index (χ1n) is 10.2. The number of aromatic nitrogens is 3. The fourth-order valence-electron chi connectivity index (χ4n) is 4.40. The van der Waals surface area contributed by atoms with Crippen LogP contribution in [0.4, 0.5) is 0 Å². The fourth-order valence-corrected chi connectivity index (χ4v) is 4.40. The molecule has 5 nitrogen and oxygen atoms in total. The third-order valence-corrected chi connectivity index (χ3v) is 6.47. The van der Waals surface area contributed by atoms with Crippen LogP contribution >= 0.6 is 0 Å². The Labute approximate surface area is 165 Å². The second kappa shape index (κ2) is 6.82. The van der Waals surface area contributed by atoms with E-state index in [0.29, 0.717) is 18.4 Å². The summed E-state index contributed by atoms with van der Waals surface area (Å²) in [7, 11) is 1.92. The second-order valence-electron chi connectivity index (χ2n) is 8.63. The predicted molar refractivity (Wildman–Crippen MR) is 110 cm³/mol. The van der Waals surface area contributed by atoms with Gasteiger partial charge in [-0.25, -0.2) is 0 Å². The number of piperidine rings is 1. The number of ketones is 1.